The van der Waals surface area contributed by atoms with Gasteiger partial charge in [0.2, 0.25) is 0 Å². The summed E-state index contributed by atoms with van der Waals surface area (Å²) in [6, 6.07) is 14.6. The lowest BCUT2D eigenvalue weighted by atomic mass is 10.0. The van der Waals surface area contributed by atoms with Gasteiger partial charge in [0.25, 0.3) is 0 Å². The van der Waals surface area contributed by atoms with Crippen molar-refractivity contribution in [3.8, 4) is 6.07 Å². The van der Waals surface area contributed by atoms with Crippen molar-refractivity contribution >= 4 is 11.3 Å². The van der Waals surface area contributed by atoms with Crippen LogP contribution in [0.1, 0.15) is 36.1 Å². The van der Waals surface area contributed by atoms with E-state index in [4.69, 9.17) is 5.26 Å². The van der Waals surface area contributed by atoms with Gasteiger partial charge in [-0.1, -0.05) is 24.3 Å². The molecule has 0 aliphatic rings. The molecule has 0 radical (unpaired) electrons. The number of halogens is 3. The zero-order chi connectivity index (χ0) is 19.2. The molecule has 0 unspecified atom stereocenters. The van der Waals surface area contributed by atoms with Crippen LogP contribution in [0.4, 0.5) is 13.2 Å². The van der Waals surface area contributed by atoms with Crippen LogP contribution in [-0.4, -0.2) is 12.3 Å². The third-order valence-corrected chi connectivity index (χ3v) is 3.94. The summed E-state index contributed by atoms with van der Waals surface area (Å²) in [5.74, 6) is 0. The minimum Gasteiger partial charge on any atom is -0.290 e. The Balaban J connectivity index is 1.96. The lowest BCUT2D eigenvalue weighted by Gasteiger charge is -2.07. The molecule has 0 atom stereocenters. The van der Waals surface area contributed by atoms with E-state index in [2.05, 4.69) is 11.1 Å². The highest BCUT2D eigenvalue weighted by Gasteiger charge is 2.29. The first kappa shape index (κ1) is 19.5. The van der Waals surface area contributed by atoms with Crippen LogP contribution < -0.4 is 0 Å². The zero-order valence-electron chi connectivity index (χ0n) is 14.6. The van der Waals surface area contributed by atoms with Crippen molar-refractivity contribution < 1.29 is 13.2 Å². The van der Waals surface area contributed by atoms with Gasteiger partial charge in [0, 0.05) is 12.3 Å². The lowest BCUT2D eigenvalue weighted by molar-refractivity contribution is -0.137. The van der Waals surface area contributed by atoms with E-state index < -0.39 is 11.7 Å². The van der Waals surface area contributed by atoms with Gasteiger partial charge in [0.15, 0.2) is 0 Å². The maximum atomic E-state index is 12.5. The highest BCUT2D eigenvalue weighted by molar-refractivity contribution is 5.98. The summed E-state index contributed by atoms with van der Waals surface area (Å²) in [4.78, 5) is 4.46. The van der Waals surface area contributed by atoms with Crippen LogP contribution in [0.3, 0.4) is 0 Å². The molecule has 0 fully saturated rings. The highest BCUT2D eigenvalue weighted by Crippen LogP contribution is 2.29. The molecular weight excluding hydrogens is 337 g/mol. The number of hydrogen-bond acceptors (Lipinski definition) is 2. The smallest absolute Gasteiger partial charge is 0.290 e. The quantitative estimate of drug-likeness (QED) is 0.635. The number of rotatable bonds is 5. The van der Waals surface area contributed by atoms with Crippen molar-refractivity contribution in [2.24, 2.45) is 4.99 Å². The van der Waals surface area contributed by atoms with Crippen molar-refractivity contribution in [2.75, 3.05) is 6.54 Å². The standard InChI is InChI=1S/C21H19F3N2/c1-15(19-7-3-18(14-25)4-8-19)13-16(2)26-12-11-17-5-9-20(10-6-17)21(22,23)24/h3-10,13H,11-12H2,1-2H3/b15-13+,26-16-. The number of nitrogens with zero attached hydrogens (tertiary/aromatic N) is 2. The SMILES string of the molecule is CC(/C=C(\C)c1ccc(C#N)cc1)=N/CCc1ccc(C(F)(F)F)cc1. The van der Waals surface area contributed by atoms with Crippen LogP contribution in [0.2, 0.25) is 0 Å². The summed E-state index contributed by atoms with van der Waals surface area (Å²) in [6.45, 7) is 4.37. The molecule has 0 amide bonds. The molecule has 0 saturated carbocycles. The Morgan fingerprint density at radius 2 is 1.65 bits per heavy atom. The summed E-state index contributed by atoms with van der Waals surface area (Å²) in [7, 11) is 0. The largest absolute Gasteiger partial charge is 0.416 e. The van der Waals surface area contributed by atoms with E-state index in [-0.39, 0.29) is 0 Å². The number of nitriles is 1. The Bertz CT molecular complexity index is 837. The second kappa shape index (κ2) is 8.48. The lowest BCUT2D eigenvalue weighted by Crippen LogP contribution is -2.04. The molecule has 0 heterocycles. The van der Waals surface area contributed by atoms with E-state index in [1.165, 1.54) is 12.1 Å². The molecule has 0 saturated heterocycles. The Morgan fingerprint density at radius 1 is 1.04 bits per heavy atom. The Morgan fingerprint density at radius 3 is 2.19 bits per heavy atom. The summed E-state index contributed by atoms with van der Waals surface area (Å²) in [5, 5.41) is 8.82. The monoisotopic (exact) mass is 356 g/mol. The van der Waals surface area contributed by atoms with E-state index in [1.807, 2.05) is 32.1 Å². The van der Waals surface area contributed by atoms with Gasteiger partial charge in [-0.05, 0) is 67.3 Å². The van der Waals surface area contributed by atoms with Crippen LogP contribution in [0.25, 0.3) is 5.57 Å². The summed E-state index contributed by atoms with van der Waals surface area (Å²) in [5.41, 5.74) is 3.69. The number of allylic oxidation sites excluding steroid dienone is 2. The molecule has 0 bridgehead atoms. The fourth-order valence-electron chi connectivity index (χ4n) is 2.47. The fraction of sp³-hybridized carbons (Fsp3) is 0.238. The van der Waals surface area contributed by atoms with Crippen LogP contribution in [0.5, 0.6) is 0 Å². The van der Waals surface area contributed by atoms with E-state index in [1.54, 1.807) is 12.1 Å². The first-order valence-corrected chi connectivity index (χ1v) is 8.15. The van der Waals surface area contributed by atoms with Crippen molar-refractivity contribution in [3.05, 3.63) is 76.9 Å². The Kier molecular flexibility index (Phi) is 6.35. The molecule has 0 N–H and O–H groups in total. The summed E-state index contributed by atoms with van der Waals surface area (Å²) >= 11 is 0. The van der Waals surface area contributed by atoms with E-state index in [9.17, 15) is 13.2 Å². The van der Waals surface area contributed by atoms with Crippen molar-refractivity contribution in [1.29, 1.82) is 5.26 Å². The van der Waals surface area contributed by atoms with E-state index in [0.717, 1.165) is 34.5 Å². The van der Waals surface area contributed by atoms with E-state index >= 15 is 0 Å². The van der Waals surface area contributed by atoms with Gasteiger partial charge in [-0.15, -0.1) is 0 Å². The average molecular weight is 356 g/mol. The van der Waals surface area contributed by atoms with Gasteiger partial charge >= 0.3 is 6.18 Å². The Labute approximate surface area is 151 Å². The third kappa shape index (κ3) is 5.59. The van der Waals surface area contributed by atoms with Gasteiger partial charge in [0.1, 0.15) is 0 Å². The maximum absolute atomic E-state index is 12.5. The van der Waals surface area contributed by atoms with Crippen LogP contribution in [0.15, 0.2) is 59.6 Å². The molecular formula is C21H19F3N2. The molecule has 0 spiro atoms. The second-order valence-corrected chi connectivity index (χ2v) is 5.98. The predicted molar refractivity (Wildman–Crippen MR) is 97.9 cm³/mol. The number of benzene rings is 2. The first-order chi connectivity index (χ1) is 12.3. The van der Waals surface area contributed by atoms with Crippen LogP contribution >= 0.6 is 0 Å². The fourth-order valence-corrected chi connectivity index (χ4v) is 2.47. The molecule has 0 aliphatic carbocycles. The summed E-state index contributed by atoms with van der Waals surface area (Å²) < 4.78 is 37.6. The Hall–Kier alpha value is -2.87. The molecule has 0 aliphatic heterocycles. The minimum atomic E-state index is -4.30. The van der Waals surface area contributed by atoms with Gasteiger partial charge in [0.05, 0.1) is 17.2 Å². The molecule has 134 valence electrons. The van der Waals surface area contributed by atoms with Crippen LogP contribution in [-0.2, 0) is 12.6 Å². The number of hydrogen-bond donors (Lipinski definition) is 0. The van der Waals surface area contributed by atoms with Crippen LogP contribution in [0, 0.1) is 11.3 Å². The van der Waals surface area contributed by atoms with Gasteiger partial charge in [-0.25, -0.2) is 0 Å². The van der Waals surface area contributed by atoms with E-state index in [0.29, 0.717) is 18.5 Å². The first-order valence-electron chi connectivity index (χ1n) is 8.15. The summed E-state index contributed by atoms with van der Waals surface area (Å²) in [6.07, 6.45) is -1.77. The van der Waals surface area contributed by atoms with Gasteiger partial charge in [-0.3, -0.25) is 4.99 Å². The average Bonchev–Trinajstić information content (AvgIpc) is 2.61. The minimum absolute atomic E-state index is 0.508. The van der Waals surface area contributed by atoms with Crippen molar-refractivity contribution in [2.45, 2.75) is 26.4 Å². The van der Waals surface area contributed by atoms with Gasteiger partial charge in [-0.2, -0.15) is 18.4 Å². The number of aliphatic imine (C=N–C) groups is 1. The molecule has 26 heavy (non-hydrogen) atoms. The molecule has 2 rings (SSSR count). The number of alkyl halides is 3. The highest BCUT2D eigenvalue weighted by atomic mass is 19.4. The molecule has 2 aromatic carbocycles. The maximum Gasteiger partial charge on any atom is 0.416 e. The topological polar surface area (TPSA) is 36.1 Å². The molecule has 2 aromatic rings. The van der Waals surface area contributed by atoms with Gasteiger partial charge < -0.3 is 0 Å². The normalized spacial score (nSPS) is 12.8. The third-order valence-electron chi connectivity index (χ3n) is 3.94. The zero-order valence-corrected chi connectivity index (χ0v) is 14.6. The molecule has 2 nitrogen and oxygen atoms in total. The van der Waals surface area contributed by atoms with Crippen molar-refractivity contribution in [1.82, 2.24) is 0 Å². The molecule has 5 heteroatoms. The van der Waals surface area contributed by atoms with Crippen molar-refractivity contribution in [3.63, 3.8) is 0 Å². The predicted octanol–water partition coefficient (Wildman–Crippen LogP) is 5.68. The second-order valence-electron chi connectivity index (χ2n) is 5.98. The molecule has 0 aromatic heterocycles.